The lowest BCUT2D eigenvalue weighted by Crippen LogP contribution is -1.81. The zero-order valence-corrected chi connectivity index (χ0v) is 6.94. The van der Waals surface area contributed by atoms with E-state index in [1.54, 1.807) is 23.1 Å². The van der Waals surface area contributed by atoms with Gasteiger partial charge in [-0.05, 0) is 0 Å². The molecule has 0 aliphatic heterocycles. The average molecular weight is 175 g/mol. The highest BCUT2D eigenvalue weighted by Crippen LogP contribution is 2.17. The third-order valence-corrected chi connectivity index (χ3v) is 1.70. The van der Waals surface area contributed by atoms with Gasteiger partial charge in [0.25, 0.3) is 0 Å². The fourth-order valence-corrected chi connectivity index (χ4v) is 1.06. The second-order valence-corrected chi connectivity index (χ2v) is 2.60. The molecule has 0 bridgehead atoms. The number of hydrogen-bond acceptors (Lipinski definition) is 3. The van der Waals surface area contributed by atoms with E-state index < -0.39 is 0 Å². The molecule has 0 aliphatic carbocycles. The van der Waals surface area contributed by atoms with Crippen molar-refractivity contribution in [2.75, 3.05) is 5.73 Å². The van der Waals surface area contributed by atoms with E-state index in [0.29, 0.717) is 5.82 Å². The molecule has 2 rings (SSSR count). The fourth-order valence-electron chi connectivity index (χ4n) is 1.06. The third-order valence-electron chi connectivity index (χ3n) is 1.70. The number of hydrogen-bond donors (Lipinski definition) is 2. The van der Waals surface area contributed by atoms with E-state index in [1.807, 2.05) is 6.20 Å². The molecule has 0 saturated heterocycles. The molecule has 0 amide bonds. The van der Waals surface area contributed by atoms with Gasteiger partial charge in [0.15, 0.2) is 0 Å². The van der Waals surface area contributed by atoms with Crippen molar-refractivity contribution in [3.8, 4) is 11.3 Å². The largest absolute Gasteiger partial charge is 0.382 e. The fraction of sp³-hybridized carbons (Fsp3) is 0. The van der Waals surface area contributed by atoms with Crippen LogP contribution in [0.1, 0.15) is 0 Å². The summed E-state index contributed by atoms with van der Waals surface area (Å²) in [7, 11) is 0. The number of anilines is 1. The summed E-state index contributed by atoms with van der Waals surface area (Å²) in [5.74, 6) is 0.473. The van der Waals surface area contributed by atoms with E-state index >= 15 is 0 Å². The Bertz CT molecular complexity index is 425. The van der Waals surface area contributed by atoms with Crippen molar-refractivity contribution < 1.29 is 0 Å². The van der Waals surface area contributed by atoms with Crippen molar-refractivity contribution in [2.24, 2.45) is 0 Å². The molecule has 2 aromatic rings. The molecule has 0 radical (unpaired) electrons. The first-order valence-corrected chi connectivity index (χ1v) is 3.77. The highest BCUT2D eigenvalue weighted by Gasteiger charge is 2.02. The first-order valence-electron chi connectivity index (χ1n) is 3.77. The maximum atomic E-state index is 5.47. The molecule has 13 heavy (non-hydrogen) atoms. The van der Waals surface area contributed by atoms with Crippen LogP contribution in [0.3, 0.4) is 0 Å². The van der Waals surface area contributed by atoms with Gasteiger partial charge in [-0.15, -0.1) is 0 Å². The first kappa shape index (κ1) is 7.60. The molecule has 0 saturated carbocycles. The van der Waals surface area contributed by atoms with Gasteiger partial charge in [-0.3, -0.25) is 5.10 Å². The zero-order chi connectivity index (χ0) is 9.26. The molecule has 0 atom stereocenters. The van der Waals surface area contributed by atoms with E-state index in [-0.39, 0.29) is 0 Å². The lowest BCUT2D eigenvalue weighted by molar-refractivity contribution is 0.937. The number of nitrogens with two attached hydrogens (primary N) is 1. The van der Waals surface area contributed by atoms with Crippen LogP contribution >= 0.6 is 0 Å². The lowest BCUT2D eigenvalue weighted by atomic mass is 10.2. The Balaban J connectivity index is 2.40. The summed E-state index contributed by atoms with van der Waals surface area (Å²) in [6.07, 6.45) is 5.16. The molecule has 5 heteroatoms. The molecule has 0 spiro atoms. The van der Waals surface area contributed by atoms with Crippen molar-refractivity contribution in [3.63, 3.8) is 0 Å². The summed E-state index contributed by atoms with van der Waals surface area (Å²) in [6, 6.07) is 1.75. The van der Waals surface area contributed by atoms with Crippen molar-refractivity contribution in [1.82, 2.24) is 20.0 Å². The van der Waals surface area contributed by atoms with E-state index in [4.69, 9.17) is 5.73 Å². The quantitative estimate of drug-likeness (QED) is 0.713. The van der Waals surface area contributed by atoms with Gasteiger partial charge < -0.3 is 5.73 Å². The SMILES string of the molecule is C=Cn1cc(-c2cc(N)n[nH]2)cn1. The number of nitrogen functional groups attached to an aromatic ring is 1. The van der Waals surface area contributed by atoms with Crippen LogP contribution in [0.2, 0.25) is 0 Å². The third kappa shape index (κ3) is 1.31. The van der Waals surface area contributed by atoms with Gasteiger partial charge >= 0.3 is 0 Å². The Hall–Kier alpha value is -2.04. The average Bonchev–Trinajstić information content (AvgIpc) is 2.71. The van der Waals surface area contributed by atoms with E-state index in [2.05, 4.69) is 21.9 Å². The lowest BCUT2D eigenvalue weighted by Gasteiger charge is -1.87. The van der Waals surface area contributed by atoms with Crippen molar-refractivity contribution in [2.45, 2.75) is 0 Å². The number of nitrogens with one attached hydrogen (secondary N) is 1. The minimum absolute atomic E-state index is 0.473. The van der Waals surface area contributed by atoms with Crippen LogP contribution in [-0.4, -0.2) is 20.0 Å². The maximum absolute atomic E-state index is 5.47. The standard InChI is InChI=1S/C8H9N5/c1-2-13-5-6(4-10-13)7-3-8(9)12-11-7/h2-5H,1H2,(H3,9,11,12). The zero-order valence-electron chi connectivity index (χ0n) is 6.94. The summed E-state index contributed by atoms with van der Waals surface area (Å²) >= 11 is 0. The topological polar surface area (TPSA) is 72.5 Å². The predicted molar refractivity (Wildman–Crippen MR) is 50.6 cm³/mol. The maximum Gasteiger partial charge on any atom is 0.145 e. The van der Waals surface area contributed by atoms with Crippen LogP contribution in [0.5, 0.6) is 0 Å². The van der Waals surface area contributed by atoms with Crippen molar-refractivity contribution in [1.29, 1.82) is 0 Å². The Morgan fingerprint density at radius 3 is 3.00 bits per heavy atom. The molecule has 0 fully saturated rings. The molecule has 0 aliphatic rings. The Labute approximate surface area is 74.9 Å². The van der Waals surface area contributed by atoms with Crippen LogP contribution in [0.4, 0.5) is 5.82 Å². The van der Waals surface area contributed by atoms with Crippen LogP contribution in [0, 0.1) is 0 Å². The summed E-state index contributed by atoms with van der Waals surface area (Å²) in [5, 5.41) is 10.6. The summed E-state index contributed by atoms with van der Waals surface area (Å²) < 4.78 is 1.62. The molecule has 5 nitrogen and oxygen atoms in total. The highest BCUT2D eigenvalue weighted by molar-refractivity contribution is 5.60. The van der Waals surface area contributed by atoms with Gasteiger partial charge in [-0.1, -0.05) is 6.58 Å². The molecule has 3 N–H and O–H groups in total. The van der Waals surface area contributed by atoms with Gasteiger partial charge in [0.1, 0.15) is 5.82 Å². The molecule has 66 valence electrons. The van der Waals surface area contributed by atoms with Crippen LogP contribution in [0.15, 0.2) is 25.0 Å². The number of nitrogens with zero attached hydrogens (tertiary/aromatic N) is 3. The Morgan fingerprint density at radius 1 is 1.62 bits per heavy atom. The van der Waals surface area contributed by atoms with Crippen molar-refractivity contribution in [3.05, 3.63) is 25.0 Å². The molecular weight excluding hydrogens is 166 g/mol. The summed E-state index contributed by atoms with van der Waals surface area (Å²) in [4.78, 5) is 0. The second kappa shape index (κ2) is 2.78. The van der Waals surface area contributed by atoms with E-state index in [9.17, 15) is 0 Å². The summed E-state index contributed by atoms with van der Waals surface area (Å²) in [6.45, 7) is 3.59. The molecular formula is C8H9N5. The number of H-pyrrole nitrogens is 1. The molecule has 0 aromatic carbocycles. The van der Waals surface area contributed by atoms with Gasteiger partial charge in [0, 0.05) is 24.0 Å². The van der Waals surface area contributed by atoms with Gasteiger partial charge in [0.2, 0.25) is 0 Å². The monoisotopic (exact) mass is 175 g/mol. The Kier molecular flexibility index (Phi) is 1.63. The Morgan fingerprint density at radius 2 is 2.46 bits per heavy atom. The van der Waals surface area contributed by atoms with Gasteiger partial charge in [-0.2, -0.15) is 10.2 Å². The highest BCUT2D eigenvalue weighted by atomic mass is 15.3. The minimum atomic E-state index is 0.473. The minimum Gasteiger partial charge on any atom is -0.382 e. The first-order chi connectivity index (χ1) is 6.29. The van der Waals surface area contributed by atoms with Crippen LogP contribution in [-0.2, 0) is 0 Å². The van der Waals surface area contributed by atoms with E-state index in [1.165, 1.54) is 0 Å². The number of rotatable bonds is 2. The molecule has 0 unspecified atom stereocenters. The van der Waals surface area contributed by atoms with Crippen molar-refractivity contribution >= 4 is 12.0 Å². The molecule has 2 aromatic heterocycles. The van der Waals surface area contributed by atoms with Crippen LogP contribution in [0.25, 0.3) is 17.5 Å². The number of aromatic amines is 1. The number of aromatic nitrogens is 4. The van der Waals surface area contributed by atoms with Gasteiger partial charge in [-0.25, -0.2) is 4.68 Å². The normalized spacial score (nSPS) is 10.2. The van der Waals surface area contributed by atoms with Crippen LogP contribution < -0.4 is 5.73 Å². The smallest absolute Gasteiger partial charge is 0.145 e. The summed E-state index contributed by atoms with van der Waals surface area (Å²) in [5.41, 5.74) is 7.25. The second-order valence-electron chi connectivity index (χ2n) is 2.60. The van der Waals surface area contributed by atoms with Gasteiger partial charge in [0.05, 0.1) is 11.9 Å². The van der Waals surface area contributed by atoms with E-state index in [0.717, 1.165) is 11.3 Å². The molecule has 2 heterocycles. The predicted octanol–water partition coefficient (Wildman–Crippen LogP) is 0.956.